The molecule has 1 aliphatic rings. The Kier molecular flexibility index (Phi) is 2.23. The van der Waals surface area contributed by atoms with E-state index in [0.29, 0.717) is 5.41 Å². The zero-order valence-electron chi connectivity index (χ0n) is 9.09. The molecular formula is C10H18N4. The van der Waals surface area contributed by atoms with Gasteiger partial charge >= 0.3 is 0 Å². The zero-order valence-corrected chi connectivity index (χ0v) is 9.09. The van der Waals surface area contributed by atoms with Crippen LogP contribution in [0, 0.1) is 12.3 Å². The summed E-state index contributed by atoms with van der Waals surface area (Å²) in [6.45, 7) is 7.53. The lowest BCUT2D eigenvalue weighted by atomic mass is 9.84. The van der Waals surface area contributed by atoms with Crippen molar-refractivity contribution in [2.75, 3.05) is 25.0 Å². The second kappa shape index (κ2) is 3.28. The van der Waals surface area contributed by atoms with Crippen molar-refractivity contribution in [3.63, 3.8) is 0 Å². The van der Waals surface area contributed by atoms with Gasteiger partial charge in [0.25, 0.3) is 0 Å². The smallest absolute Gasteiger partial charge is 0.124 e. The van der Waals surface area contributed by atoms with Crippen LogP contribution >= 0.6 is 0 Å². The summed E-state index contributed by atoms with van der Waals surface area (Å²) in [5, 5.41) is 11.0. The highest BCUT2D eigenvalue weighted by Gasteiger charge is 2.31. The summed E-state index contributed by atoms with van der Waals surface area (Å²) in [4.78, 5) is 0. The van der Waals surface area contributed by atoms with Crippen molar-refractivity contribution in [3.05, 3.63) is 11.8 Å². The minimum Gasteiger partial charge on any atom is -0.370 e. The first-order chi connectivity index (χ1) is 6.59. The van der Waals surface area contributed by atoms with E-state index in [1.807, 2.05) is 18.7 Å². The van der Waals surface area contributed by atoms with E-state index in [4.69, 9.17) is 0 Å². The number of rotatable bonds is 3. The second-order valence-corrected chi connectivity index (χ2v) is 4.56. The van der Waals surface area contributed by atoms with Crippen LogP contribution in [-0.2, 0) is 7.05 Å². The van der Waals surface area contributed by atoms with E-state index in [-0.39, 0.29) is 0 Å². The predicted molar refractivity (Wildman–Crippen MR) is 57.4 cm³/mol. The van der Waals surface area contributed by atoms with Crippen LogP contribution in [0.1, 0.15) is 12.6 Å². The van der Waals surface area contributed by atoms with Gasteiger partial charge in [-0.25, -0.2) is 0 Å². The Labute approximate surface area is 84.7 Å². The predicted octanol–water partition coefficient (Wildman–Crippen LogP) is 0.750. The highest BCUT2D eigenvalue weighted by atomic mass is 15.3. The summed E-state index contributed by atoms with van der Waals surface area (Å²) in [6.07, 6.45) is 0. The normalized spacial score (nSPS) is 19.1. The quantitative estimate of drug-likeness (QED) is 0.746. The molecule has 1 fully saturated rings. The van der Waals surface area contributed by atoms with Crippen LogP contribution in [0.3, 0.4) is 0 Å². The van der Waals surface area contributed by atoms with Crippen LogP contribution in [0.5, 0.6) is 0 Å². The van der Waals surface area contributed by atoms with Crippen LogP contribution in [-0.4, -0.2) is 29.4 Å². The summed E-state index contributed by atoms with van der Waals surface area (Å²) in [6, 6.07) is 2.08. The maximum absolute atomic E-state index is 4.29. The molecule has 2 N–H and O–H groups in total. The number of aromatic nitrogens is 2. The van der Waals surface area contributed by atoms with Gasteiger partial charge in [-0.05, 0) is 6.92 Å². The molecule has 1 aromatic rings. The molecule has 1 saturated heterocycles. The fourth-order valence-corrected chi connectivity index (χ4v) is 1.76. The van der Waals surface area contributed by atoms with Gasteiger partial charge in [-0.15, -0.1) is 0 Å². The third kappa shape index (κ3) is 1.75. The van der Waals surface area contributed by atoms with Crippen molar-refractivity contribution in [1.29, 1.82) is 0 Å². The lowest BCUT2D eigenvalue weighted by Gasteiger charge is -2.39. The second-order valence-electron chi connectivity index (χ2n) is 4.56. The molecule has 0 spiro atoms. The van der Waals surface area contributed by atoms with E-state index >= 15 is 0 Å². The molecule has 1 aromatic heterocycles. The molecule has 0 radical (unpaired) electrons. The Morgan fingerprint density at radius 2 is 2.36 bits per heavy atom. The molecule has 78 valence electrons. The average molecular weight is 194 g/mol. The molecule has 0 saturated carbocycles. The van der Waals surface area contributed by atoms with Crippen molar-refractivity contribution < 1.29 is 0 Å². The maximum atomic E-state index is 4.29. The molecule has 2 rings (SSSR count). The van der Waals surface area contributed by atoms with Gasteiger partial charge in [0.15, 0.2) is 0 Å². The maximum Gasteiger partial charge on any atom is 0.124 e. The fraction of sp³-hybridized carbons (Fsp3) is 0.700. The van der Waals surface area contributed by atoms with Gasteiger partial charge in [-0.3, -0.25) is 4.68 Å². The first-order valence-corrected chi connectivity index (χ1v) is 5.04. The minimum absolute atomic E-state index is 0.415. The molecule has 4 nitrogen and oxygen atoms in total. The van der Waals surface area contributed by atoms with Gasteiger partial charge in [-0.2, -0.15) is 5.10 Å². The molecule has 4 heteroatoms. The summed E-state index contributed by atoms with van der Waals surface area (Å²) in [7, 11) is 1.97. The third-order valence-electron chi connectivity index (χ3n) is 2.80. The molecule has 14 heavy (non-hydrogen) atoms. The van der Waals surface area contributed by atoms with E-state index in [2.05, 4.69) is 28.7 Å². The van der Waals surface area contributed by atoms with E-state index in [1.165, 1.54) is 0 Å². The van der Waals surface area contributed by atoms with Crippen molar-refractivity contribution in [2.45, 2.75) is 13.8 Å². The topological polar surface area (TPSA) is 41.9 Å². The molecule has 0 bridgehead atoms. The van der Waals surface area contributed by atoms with E-state index < -0.39 is 0 Å². The van der Waals surface area contributed by atoms with Crippen LogP contribution < -0.4 is 10.6 Å². The molecular weight excluding hydrogens is 176 g/mol. The van der Waals surface area contributed by atoms with Gasteiger partial charge in [-0.1, -0.05) is 6.92 Å². The summed E-state index contributed by atoms with van der Waals surface area (Å²) < 4.78 is 1.89. The van der Waals surface area contributed by atoms with E-state index in [9.17, 15) is 0 Å². The average Bonchev–Trinajstić information content (AvgIpc) is 2.38. The van der Waals surface area contributed by atoms with Crippen LogP contribution in [0.15, 0.2) is 6.07 Å². The van der Waals surface area contributed by atoms with Gasteiger partial charge in [0.05, 0.1) is 5.69 Å². The highest BCUT2D eigenvalue weighted by molar-refractivity contribution is 5.37. The van der Waals surface area contributed by atoms with Crippen molar-refractivity contribution in [1.82, 2.24) is 15.1 Å². The highest BCUT2D eigenvalue weighted by Crippen LogP contribution is 2.21. The first kappa shape index (κ1) is 9.52. The first-order valence-electron chi connectivity index (χ1n) is 5.04. The standard InChI is InChI=1S/C10H18N4/c1-8-4-9(14(3)13-8)12-7-10(2)5-11-6-10/h4,11-12H,5-7H2,1-3H3. The summed E-state index contributed by atoms with van der Waals surface area (Å²) in [5.41, 5.74) is 1.48. The van der Waals surface area contributed by atoms with Crippen LogP contribution in [0.25, 0.3) is 0 Å². The van der Waals surface area contributed by atoms with Crippen molar-refractivity contribution in [3.8, 4) is 0 Å². The Balaban J connectivity index is 1.94. The Morgan fingerprint density at radius 1 is 1.64 bits per heavy atom. The molecule has 0 aliphatic carbocycles. The Morgan fingerprint density at radius 3 is 2.79 bits per heavy atom. The number of nitrogens with one attached hydrogen (secondary N) is 2. The SMILES string of the molecule is Cc1cc(NCC2(C)CNC2)n(C)n1. The molecule has 0 unspecified atom stereocenters. The van der Waals surface area contributed by atoms with Crippen LogP contribution in [0.4, 0.5) is 5.82 Å². The van der Waals surface area contributed by atoms with Crippen molar-refractivity contribution in [2.24, 2.45) is 12.5 Å². The third-order valence-corrected chi connectivity index (χ3v) is 2.80. The van der Waals surface area contributed by atoms with Gasteiger partial charge in [0.2, 0.25) is 0 Å². The number of hydrogen-bond donors (Lipinski definition) is 2. The summed E-state index contributed by atoms with van der Waals surface area (Å²) >= 11 is 0. The van der Waals surface area contributed by atoms with Gasteiger partial charge < -0.3 is 10.6 Å². The zero-order chi connectivity index (χ0) is 10.2. The molecule has 0 atom stereocenters. The fourth-order valence-electron chi connectivity index (χ4n) is 1.76. The van der Waals surface area contributed by atoms with Gasteiger partial charge in [0.1, 0.15) is 5.82 Å². The number of aryl methyl sites for hydroxylation is 2. The lowest BCUT2D eigenvalue weighted by molar-refractivity contribution is 0.214. The van der Waals surface area contributed by atoms with E-state index in [1.54, 1.807) is 0 Å². The van der Waals surface area contributed by atoms with Gasteiger partial charge in [0, 0.05) is 38.2 Å². The largest absolute Gasteiger partial charge is 0.370 e. The lowest BCUT2D eigenvalue weighted by Crippen LogP contribution is -2.55. The Bertz CT molecular complexity index is 325. The van der Waals surface area contributed by atoms with E-state index in [0.717, 1.165) is 31.1 Å². The van der Waals surface area contributed by atoms with Crippen LogP contribution in [0.2, 0.25) is 0 Å². The molecule has 2 heterocycles. The molecule has 0 amide bonds. The number of hydrogen-bond acceptors (Lipinski definition) is 3. The molecule has 0 aromatic carbocycles. The number of nitrogens with zero attached hydrogens (tertiary/aromatic N) is 2. The molecule has 1 aliphatic heterocycles. The minimum atomic E-state index is 0.415. The van der Waals surface area contributed by atoms with Crippen molar-refractivity contribution >= 4 is 5.82 Å². The number of anilines is 1. The monoisotopic (exact) mass is 194 g/mol. The Hall–Kier alpha value is -1.03. The summed E-state index contributed by atoms with van der Waals surface area (Å²) in [5.74, 6) is 1.11.